The number of anilines is 2. The van der Waals surface area contributed by atoms with E-state index >= 15 is 0 Å². The fraction of sp³-hybridized carbons (Fsp3) is 0.286. The van der Waals surface area contributed by atoms with Gasteiger partial charge >= 0.3 is 0 Å². The molecule has 0 aromatic heterocycles. The lowest BCUT2D eigenvalue weighted by atomic mass is 10.1. The van der Waals surface area contributed by atoms with Crippen LogP contribution in [0.3, 0.4) is 0 Å². The monoisotopic (exact) mass is 210 g/mol. The molecule has 3 aliphatic heterocycles. The Bertz CT molecular complexity index is 507. The quantitative estimate of drug-likeness (QED) is 0.659. The SMILES string of the molecule is c1cc2c3c(cccc3c1)N1CCN2CC1. The van der Waals surface area contributed by atoms with E-state index in [1.165, 1.54) is 22.1 Å². The summed E-state index contributed by atoms with van der Waals surface area (Å²) in [5, 5.41) is 2.81. The van der Waals surface area contributed by atoms with E-state index < -0.39 is 0 Å². The molecule has 80 valence electrons. The first-order valence-corrected chi connectivity index (χ1v) is 5.95. The molecule has 3 heterocycles. The van der Waals surface area contributed by atoms with E-state index in [4.69, 9.17) is 0 Å². The Labute approximate surface area is 95.1 Å². The van der Waals surface area contributed by atoms with E-state index in [1.54, 1.807) is 0 Å². The molecule has 2 aromatic carbocycles. The molecule has 0 amide bonds. The van der Waals surface area contributed by atoms with Crippen LogP contribution in [0.4, 0.5) is 11.4 Å². The highest BCUT2D eigenvalue weighted by Crippen LogP contribution is 2.38. The molecule has 1 fully saturated rings. The van der Waals surface area contributed by atoms with Gasteiger partial charge in [-0.2, -0.15) is 0 Å². The zero-order valence-electron chi connectivity index (χ0n) is 9.19. The molecule has 0 aliphatic carbocycles. The summed E-state index contributed by atoms with van der Waals surface area (Å²) in [5.41, 5.74) is 2.85. The largest absolute Gasteiger partial charge is 0.367 e. The van der Waals surface area contributed by atoms with Crippen molar-refractivity contribution in [1.29, 1.82) is 0 Å². The summed E-state index contributed by atoms with van der Waals surface area (Å²) in [7, 11) is 0. The molecule has 0 unspecified atom stereocenters. The highest BCUT2D eigenvalue weighted by Gasteiger charge is 2.25. The highest BCUT2D eigenvalue weighted by atomic mass is 15.3. The first-order valence-electron chi connectivity index (χ1n) is 5.95. The van der Waals surface area contributed by atoms with Gasteiger partial charge in [-0.25, -0.2) is 0 Å². The van der Waals surface area contributed by atoms with Gasteiger partial charge in [-0.05, 0) is 17.5 Å². The Morgan fingerprint density at radius 3 is 1.69 bits per heavy atom. The first-order chi connectivity index (χ1) is 7.93. The lowest BCUT2D eigenvalue weighted by Crippen LogP contribution is -2.44. The molecule has 5 rings (SSSR count). The van der Waals surface area contributed by atoms with Crippen LogP contribution in [0.15, 0.2) is 36.4 Å². The second-order valence-corrected chi connectivity index (χ2v) is 4.63. The van der Waals surface area contributed by atoms with Gasteiger partial charge in [0.1, 0.15) is 0 Å². The van der Waals surface area contributed by atoms with Crippen molar-refractivity contribution in [3.8, 4) is 0 Å². The van der Waals surface area contributed by atoms with E-state index in [2.05, 4.69) is 46.2 Å². The van der Waals surface area contributed by atoms with Crippen molar-refractivity contribution in [1.82, 2.24) is 0 Å². The fourth-order valence-electron chi connectivity index (χ4n) is 3.02. The van der Waals surface area contributed by atoms with E-state index in [0.717, 1.165) is 26.2 Å². The molecule has 3 aliphatic rings. The summed E-state index contributed by atoms with van der Waals surface area (Å²) >= 11 is 0. The molecule has 0 radical (unpaired) electrons. The van der Waals surface area contributed by atoms with E-state index in [-0.39, 0.29) is 0 Å². The molecule has 0 spiro atoms. The molecule has 1 saturated heterocycles. The summed E-state index contributed by atoms with van der Waals surface area (Å²) in [6.45, 7) is 4.64. The molecule has 2 bridgehead atoms. The summed E-state index contributed by atoms with van der Waals surface area (Å²) in [5.74, 6) is 0. The topological polar surface area (TPSA) is 6.48 Å². The number of benzene rings is 2. The Kier molecular flexibility index (Phi) is 1.54. The van der Waals surface area contributed by atoms with Gasteiger partial charge in [0.05, 0.1) is 0 Å². The van der Waals surface area contributed by atoms with Gasteiger partial charge in [0.25, 0.3) is 0 Å². The lowest BCUT2D eigenvalue weighted by molar-refractivity contribution is 0.665. The fourth-order valence-corrected chi connectivity index (χ4v) is 3.02. The van der Waals surface area contributed by atoms with Crippen LogP contribution in [-0.2, 0) is 0 Å². The van der Waals surface area contributed by atoms with Crippen LogP contribution < -0.4 is 9.80 Å². The van der Waals surface area contributed by atoms with E-state index in [0.29, 0.717) is 0 Å². The Balaban J connectivity index is 2.17. The Hall–Kier alpha value is -1.70. The number of hydrogen-bond donors (Lipinski definition) is 0. The number of hydrogen-bond acceptors (Lipinski definition) is 2. The van der Waals surface area contributed by atoms with Crippen molar-refractivity contribution in [2.45, 2.75) is 0 Å². The summed E-state index contributed by atoms with van der Waals surface area (Å²) in [6.07, 6.45) is 0. The average molecular weight is 210 g/mol. The highest BCUT2D eigenvalue weighted by molar-refractivity contribution is 6.04. The third kappa shape index (κ3) is 0.967. The van der Waals surface area contributed by atoms with Crippen molar-refractivity contribution >= 4 is 22.1 Å². The summed E-state index contributed by atoms with van der Waals surface area (Å²) < 4.78 is 0. The van der Waals surface area contributed by atoms with Gasteiger partial charge in [-0.15, -0.1) is 0 Å². The van der Waals surface area contributed by atoms with Crippen LogP contribution in [-0.4, -0.2) is 26.2 Å². The molecular weight excluding hydrogens is 196 g/mol. The van der Waals surface area contributed by atoms with Crippen molar-refractivity contribution in [3.63, 3.8) is 0 Å². The Morgan fingerprint density at radius 2 is 1.19 bits per heavy atom. The third-order valence-electron chi connectivity index (χ3n) is 3.82. The third-order valence-corrected chi connectivity index (χ3v) is 3.82. The van der Waals surface area contributed by atoms with Crippen LogP contribution in [0.2, 0.25) is 0 Å². The number of rotatable bonds is 0. The van der Waals surface area contributed by atoms with Crippen molar-refractivity contribution in [3.05, 3.63) is 36.4 Å². The predicted octanol–water partition coefficient (Wildman–Crippen LogP) is 2.48. The molecule has 2 aromatic rings. The molecule has 0 saturated carbocycles. The lowest BCUT2D eigenvalue weighted by Gasteiger charge is -2.33. The molecule has 16 heavy (non-hydrogen) atoms. The maximum atomic E-state index is 2.52. The normalized spacial score (nSPS) is 18.0. The number of piperazine rings is 1. The van der Waals surface area contributed by atoms with Crippen LogP contribution in [0.25, 0.3) is 10.8 Å². The van der Waals surface area contributed by atoms with Crippen molar-refractivity contribution < 1.29 is 0 Å². The van der Waals surface area contributed by atoms with E-state index in [9.17, 15) is 0 Å². The standard InChI is InChI=1S/C14H14N2/c1-3-11-4-2-6-13-14(11)12(5-1)15-7-9-16(13)10-8-15/h1-6H,7-10H2. The maximum absolute atomic E-state index is 2.52. The van der Waals surface area contributed by atoms with Gasteiger partial charge < -0.3 is 9.80 Å². The van der Waals surface area contributed by atoms with Crippen LogP contribution in [0.1, 0.15) is 0 Å². The van der Waals surface area contributed by atoms with Gasteiger partial charge in [0.15, 0.2) is 0 Å². The zero-order chi connectivity index (χ0) is 10.5. The average Bonchev–Trinajstić information content (AvgIpc) is 2.60. The van der Waals surface area contributed by atoms with Crippen LogP contribution in [0.5, 0.6) is 0 Å². The second-order valence-electron chi connectivity index (χ2n) is 4.63. The summed E-state index contributed by atoms with van der Waals surface area (Å²) in [4.78, 5) is 5.05. The summed E-state index contributed by atoms with van der Waals surface area (Å²) in [6, 6.07) is 13.3. The number of fused-ring (bicyclic) bond motifs is 2. The van der Waals surface area contributed by atoms with Gasteiger partial charge in [0, 0.05) is 42.9 Å². The second kappa shape index (κ2) is 2.91. The molecule has 0 atom stereocenters. The molecule has 2 heteroatoms. The van der Waals surface area contributed by atoms with Crippen LogP contribution in [0, 0.1) is 0 Å². The number of nitrogens with zero attached hydrogens (tertiary/aromatic N) is 2. The van der Waals surface area contributed by atoms with Crippen LogP contribution >= 0.6 is 0 Å². The van der Waals surface area contributed by atoms with E-state index in [1.807, 2.05) is 0 Å². The van der Waals surface area contributed by atoms with Crippen molar-refractivity contribution in [2.75, 3.05) is 36.0 Å². The molecule has 2 nitrogen and oxygen atoms in total. The van der Waals surface area contributed by atoms with Gasteiger partial charge in [-0.3, -0.25) is 0 Å². The van der Waals surface area contributed by atoms with Crippen molar-refractivity contribution in [2.24, 2.45) is 0 Å². The zero-order valence-corrected chi connectivity index (χ0v) is 9.19. The van der Waals surface area contributed by atoms with Gasteiger partial charge in [0.2, 0.25) is 0 Å². The smallest absolute Gasteiger partial charge is 0.0468 e. The Morgan fingerprint density at radius 1 is 0.688 bits per heavy atom. The first kappa shape index (κ1) is 8.45. The predicted molar refractivity (Wildman–Crippen MR) is 68.4 cm³/mol. The minimum Gasteiger partial charge on any atom is -0.367 e. The van der Waals surface area contributed by atoms with Gasteiger partial charge in [-0.1, -0.05) is 24.3 Å². The minimum absolute atomic E-state index is 1.16. The molecule has 0 N–H and O–H groups in total. The minimum atomic E-state index is 1.16. The maximum Gasteiger partial charge on any atom is 0.0468 e. The molecular formula is C14H14N2.